The highest BCUT2D eigenvalue weighted by Gasteiger charge is 2.27. The summed E-state index contributed by atoms with van der Waals surface area (Å²) in [5, 5.41) is 3.86. The average molecular weight is 460 g/mol. The van der Waals surface area contributed by atoms with E-state index in [0.29, 0.717) is 35.9 Å². The van der Waals surface area contributed by atoms with E-state index in [0.717, 1.165) is 22.0 Å². The van der Waals surface area contributed by atoms with E-state index in [4.69, 9.17) is 0 Å². The number of benzene rings is 3. The summed E-state index contributed by atoms with van der Waals surface area (Å²) in [5.41, 5.74) is 4.24. The molecule has 3 aromatic carbocycles. The molecule has 1 aliphatic rings. The molecule has 0 spiro atoms. The first-order valence-corrected chi connectivity index (χ1v) is 11.9. The smallest absolute Gasteiger partial charge is 0.301 e. The number of para-hydroxylation sites is 1. The van der Waals surface area contributed by atoms with Gasteiger partial charge in [0.1, 0.15) is 0 Å². The molecular formula is C24H21N5O3S. The average Bonchev–Trinajstić information content (AvgIpc) is 3.19. The Balaban J connectivity index is 1.37. The highest BCUT2D eigenvalue weighted by Crippen LogP contribution is 2.26. The van der Waals surface area contributed by atoms with Crippen LogP contribution in [-0.4, -0.2) is 37.4 Å². The Morgan fingerprint density at radius 1 is 1.06 bits per heavy atom. The summed E-state index contributed by atoms with van der Waals surface area (Å²) in [6, 6.07) is 19.9. The van der Waals surface area contributed by atoms with Crippen molar-refractivity contribution in [2.24, 2.45) is 0 Å². The molecule has 2 heterocycles. The highest BCUT2D eigenvalue weighted by molar-refractivity contribution is 7.91. The Morgan fingerprint density at radius 3 is 2.61 bits per heavy atom. The second kappa shape index (κ2) is 8.27. The molecule has 166 valence electrons. The van der Waals surface area contributed by atoms with E-state index in [2.05, 4.69) is 20.0 Å². The lowest BCUT2D eigenvalue weighted by Gasteiger charge is -2.16. The summed E-state index contributed by atoms with van der Waals surface area (Å²) >= 11 is 0. The van der Waals surface area contributed by atoms with Crippen LogP contribution >= 0.6 is 0 Å². The zero-order valence-electron chi connectivity index (χ0n) is 17.8. The van der Waals surface area contributed by atoms with Gasteiger partial charge in [-0.05, 0) is 55.0 Å². The fourth-order valence-electron chi connectivity index (χ4n) is 3.77. The SMILES string of the molecule is Cc1ccc(NC(=O)c2ccc(N3CCNS3(=O)=O)cc2)cc1-c1ncc2ccccc2n1. The third kappa shape index (κ3) is 4.15. The first-order chi connectivity index (χ1) is 15.9. The van der Waals surface area contributed by atoms with Crippen LogP contribution in [0.2, 0.25) is 0 Å². The van der Waals surface area contributed by atoms with Crippen molar-refractivity contribution in [2.75, 3.05) is 22.7 Å². The van der Waals surface area contributed by atoms with Crippen LogP contribution in [-0.2, 0) is 10.2 Å². The highest BCUT2D eigenvalue weighted by atomic mass is 32.2. The van der Waals surface area contributed by atoms with Crippen molar-refractivity contribution in [3.05, 3.63) is 84.1 Å². The number of aryl methyl sites for hydroxylation is 1. The molecule has 0 unspecified atom stereocenters. The van der Waals surface area contributed by atoms with Crippen molar-refractivity contribution in [3.8, 4) is 11.4 Å². The zero-order valence-corrected chi connectivity index (χ0v) is 18.6. The van der Waals surface area contributed by atoms with Crippen LogP contribution in [0.25, 0.3) is 22.3 Å². The van der Waals surface area contributed by atoms with Gasteiger partial charge in [-0.25, -0.2) is 9.97 Å². The molecule has 0 bridgehead atoms. The van der Waals surface area contributed by atoms with Crippen molar-refractivity contribution >= 4 is 38.4 Å². The maximum atomic E-state index is 12.8. The van der Waals surface area contributed by atoms with E-state index in [1.165, 1.54) is 4.31 Å². The van der Waals surface area contributed by atoms with E-state index >= 15 is 0 Å². The second-order valence-corrected chi connectivity index (χ2v) is 9.43. The molecule has 5 rings (SSSR count). The minimum Gasteiger partial charge on any atom is -0.322 e. The van der Waals surface area contributed by atoms with Crippen molar-refractivity contribution in [1.29, 1.82) is 0 Å². The van der Waals surface area contributed by atoms with Gasteiger partial charge in [0, 0.05) is 41.5 Å². The van der Waals surface area contributed by atoms with Crippen molar-refractivity contribution in [2.45, 2.75) is 6.92 Å². The van der Waals surface area contributed by atoms with Gasteiger partial charge in [0.15, 0.2) is 5.82 Å². The third-order valence-corrected chi connectivity index (χ3v) is 7.07. The number of carbonyl (C=O) groups excluding carboxylic acids is 1. The lowest BCUT2D eigenvalue weighted by molar-refractivity contribution is 0.102. The molecule has 1 aliphatic heterocycles. The number of anilines is 2. The fourth-order valence-corrected chi connectivity index (χ4v) is 5.00. The first kappa shape index (κ1) is 21.0. The number of rotatable bonds is 4. The predicted octanol–water partition coefficient (Wildman–Crippen LogP) is 3.51. The number of aromatic nitrogens is 2. The summed E-state index contributed by atoms with van der Waals surface area (Å²) in [5.74, 6) is 0.297. The van der Waals surface area contributed by atoms with Crippen molar-refractivity contribution in [1.82, 2.24) is 14.7 Å². The maximum Gasteiger partial charge on any atom is 0.301 e. The Hall–Kier alpha value is -3.82. The molecule has 1 aromatic heterocycles. The van der Waals surface area contributed by atoms with Crippen LogP contribution in [0, 0.1) is 6.92 Å². The number of fused-ring (bicyclic) bond motifs is 1. The summed E-state index contributed by atoms with van der Waals surface area (Å²) in [4.78, 5) is 21.9. The molecule has 1 amide bonds. The van der Waals surface area contributed by atoms with Gasteiger partial charge in [0.25, 0.3) is 5.91 Å². The Morgan fingerprint density at radius 2 is 1.85 bits per heavy atom. The molecule has 8 nitrogen and oxygen atoms in total. The summed E-state index contributed by atoms with van der Waals surface area (Å²) in [7, 11) is -3.50. The lowest BCUT2D eigenvalue weighted by Crippen LogP contribution is -2.29. The summed E-state index contributed by atoms with van der Waals surface area (Å²) in [6.07, 6.45) is 1.79. The number of carbonyl (C=O) groups is 1. The molecule has 0 saturated carbocycles. The van der Waals surface area contributed by atoms with Crippen molar-refractivity contribution in [3.63, 3.8) is 0 Å². The summed E-state index contributed by atoms with van der Waals surface area (Å²) < 4.78 is 27.7. The van der Waals surface area contributed by atoms with Gasteiger partial charge in [-0.1, -0.05) is 24.3 Å². The largest absolute Gasteiger partial charge is 0.322 e. The minimum atomic E-state index is -3.50. The van der Waals surface area contributed by atoms with Crippen LogP contribution < -0.4 is 14.3 Å². The second-order valence-electron chi connectivity index (χ2n) is 7.75. The van der Waals surface area contributed by atoms with Gasteiger partial charge in [0.05, 0.1) is 11.2 Å². The maximum absolute atomic E-state index is 12.8. The Bertz CT molecular complexity index is 1470. The van der Waals surface area contributed by atoms with E-state index < -0.39 is 10.2 Å². The number of hydrogen-bond donors (Lipinski definition) is 2. The molecule has 1 saturated heterocycles. The van der Waals surface area contributed by atoms with E-state index in [1.54, 1.807) is 30.5 Å². The standard InChI is InChI=1S/C24H21N5O3S/c1-16-6-9-19(14-21(16)23-25-15-18-4-2-3-5-22(18)28-23)27-24(30)17-7-10-20(11-8-17)29-13-12-26-33(29,31)32/h2-11,14-15,26H,12-13H2,1H3,(H,27,30). The molecule has 0 radical (unpaired) electrons. The van der Waals surface area contributed by atoms with Gasteiger partial charge < -0.3 is 5.32 Å². The monoisotopic (exact) mass is 459 g/mol. The number of nitrogens with one attached hydrogen (secondary N) is 2. The molecule has 9 heteroatoms. The van der Waals surface area contributed by atoms with Gasteiger partial charge >= 0.3 is 10.2 Å². The van der Waals surface area contributed by atoms with Gasteiger partial charge in [-0.15, -0.1) is 0 Å². The van der Waals surface area contributed by atoms with Gasteiger partial charge in [-0.3, -0.25) is 9.10 Å². The predicted molar refractivity (Wildman–Crippen MR) is 128 cm³/mol. The zero-order chi connectivity index (χ0) is 23.0. The van der Waals surface area contributed by atoms with Gasteiger partial charge in [-0.2, -0.15) is 13.1 Å². The molecule has 0 atom stereocenters. The molecule has 4 aromatic rings. The van der Waals surface area contributed by atoms with Crippen molar-refractivity contribution < 1.29 is 13.2 Å². The van der Waals surface area contributed by atoms with Crippen LogP contribution in [0.1, 0.15) is 15.9 Å². The molecule has 0 aliphatic carbocycles. The van der Waals surface area contributed by atoms with E-state index in [-0.39, 0.29) is 5.91 Å². The molecule has 33 heavy (non-hydrogen) atoms. The number of hydrogen-bond acceptors (Lipinski definition) is 5. The molecule has 1 fully saturated rings. The van der Waals surface area contributed by atoms with E-state index in [1.807, 2.05) is 49.4 Å². The van der Waals surface area contributed by atoms with Crippen LogP contribution in [0.5, 0.6) is 0 Å². The third-order valence-electron chi connectivity index (χ3n) is 5.53. The number of amides is 1. The van der Waals surface area contributed by atoms with E-state index in [9.17, 15) is 13.2 Å². The normalized spacial score (nSPS) is 15.0. The fraction of sp³-hybridized carbons (Fsp3) is 0.125. The molecule has 2 N–H and O–H groups in total. The molecular weight excluding hydrogens is 438 g/mol. The van der Waals surface area contributed by atoms with Crippen LogP contribution in [0.3, 0.4) is 0 Å². The van der Waals surface area contributed by atoms with Crippen LogP contribution in [0.4, 0.5) is 11.4 Å². The van der Waals surface area contributed by atoms with Gasteiger partial charge in [0.2, 0.25) is 0 Å². The first-order valence-electron chi connectivity index (χ1n) is 10.4. The topological polar surface area (TPSA) is 104 Å². The minimum absolute atomic E-state index is 0.293. The Labute approximate surface area is 191 Å². The lowest BCUT2D eigenvalue weighted by atomic mass is 10.1. The quantitative estimate of drug-likeness (QED) is 0.486. The Kier molecular flexibility index (Phi) is 5.27. The van der Waals surface area contributed by atoms with Crippen LogP contribution in [0.15, 0.2) is 72.9 Å². The number of nitrogens with zero attached hydrogens (tertiary/aromatic N) is 3. The summed E-state index contributed by atoms with van der Waals surface area (Å²) in [6.45, 7) is 2.69.